The van der Waals surface area contributed by atoms with E-state index in [0.29, 0.717) is 25.7 Å². The van der Waals surface area contributed by atoms with Gasteiger partial charge in [-0.15, -0.1) is 0 Å². The molecule has 18 heavy (non-hydrogen) atoms. The highest BCUT2D eigenvalue weighted by Gasteiger charge is 2.70. The summed E-state index contributed by atoms with van der Waals surface area (Å²) in [5.74, 6) is 0.639. The molecule has 0 aromatic carbocycles. The van der Waals surface area contributed by atoms with Crippen LogP contribution in [0.25, 0.3) is 0 Å². The van der Waals surface area contributed by atoms with Crippen molar-refractivity contribution in [2.45, 2.75) is 51.4 Å². The Bertz CT molecular complexity index is 418. The number of carbonyl (C=O) groups is 3. The Labute approximate surface area is 106 Å². The van der Waals surface area contributed by atoms with E-state index in [-0.39, 0.29) is 29.2 Å². The van der Waals surface area contributed by atoms with Gasteiger partial charge in [-0.1, -0.05) is 0 Å². The molecule has 3 nitrogen and oxygen atoms in total. The van der Waals surface area contributed by atoms with E-state index in [1.807, 2.05) is 0 Å². The van der Waals surface area contributed by atoms with E-state index < -0.39 is 10.8 Å². The summed E-state index contributed by atoms with van der Waals surface area (Å²) in [5, 5.41) is 0. The molecule has 4 saturated carbocycles. The number of ketones is 3. The van der Waals surface area contributed by atoms with Gasteiger partial charge >= 0.3 is 0 Å². The van der Waals surface area contributed by atoms with Crippen molar-refractivity contribution >= 4 is 17.3 Å². The number of carbonyl (C=O) groups excluding carboxylic acids is 3. The highest BCUT2D eigenvalue weighted by Crippen LogP contribution is 2.63. The van der Waals surface area contributed by atoms with Gasteiger partial charge in [-0.05, 0) is 51.4 Å². The summed E-state index contributed by atoms with van der Waals surface area (Å²) < 4.78 is 0. The minimum absolute atomic E-state index is 0.0174. The van der Waals surface area contributed by atoms with E-state index in [4.69, 9.17) is 0 Å². The van der Waals surface area contributed by atoms with Crippen molar-refractivity contribution in [3.05, 3.63) is 0 Å². The zero-order valence-electron chi connectivity index (χ0n) is 10.5. The van der Waals surface area contributed by atoms with Crippen LogP contribution in [0.15, 0.2) is 0 Å². The van der Waals surface area contributed by atoms with Crippen molar-refractivity contribution in [1.29, 1.82) is 0 Å². The molecule has 0 N–H and O–H groups in total. The van der Waals surface area contributed by atoms with Crippen LogP contribution < -0.4 is 0 Å². The van der Waals surface area contributed by atoms with Gasteiger partial charge in [0, 0.05) is 11.8 Å². The molecule has 0 heterocycles. The first-order chi connectivity index (χ1) is 8.60. The predicted octanol–water partition coefficient (Wildman–Crippen LogP) is 2.07. The lowest BCUT2D eigenvalue weighted by Crippen LogP contribution is -2.38. The molecule has 96 valence electrons. The zero-order chi connectivity index (χ0) is 12.5. The summed E-state index contributed by atoms with van der Waals surface area (Å²) in [5.41, 5.74) is -1.41. The fourth-order valence-corrected chi connectivity index (χ4v) is 3.35. The minimum atomic E-state index is -0.706. The van der Waals surface area contributed by atoms with E-state index in [9.17, 15) is 14.4 Å². The topological polar surface area (TPSA) is 51.2 Å². The Kier molecular flexibility index (Phi) is 1.89. The monoisotopic (exact) mass is 246 g/mol. The molecule has 0 aromatic heterocycles. The van der Waals surface area contributed by atoms with E-state index >= 15 is 0 Å². The lowest BCUT2D eigenvalue weighted by Gasteiger charge is -2.19. The smallest absolute Gasteiger partial charge is 0.159 e. The second-order valence-corrected chi connectivity index (χ2v) is 6.77. The molecule has 0 bridgehead atoms. The van der Waals surface area contributed by atoms with Crippen LogP contribution >= 0.6 is 0 Å². The highest BCUT2D eigenvalue weighted by molar-refractivity contribution is 6.22. The molecule has 4 rings (SSSR count). The van der Waals surface area contributed by atoms with Crippen molar-refractivity contribution < 1.29 is 14.4 Å². The second-order valence-electron chi connectivity index (χ2n) is 6.77. The number of hydrogen-bond acceptors (Lipinski definition) is 3. The second kappa shape index (κ2) is 3.12. The average Bonchev–Trinajstić information content (AvgIpc) is 3.31. The molecule has 4 aliphatic carbocycles. The number of hydrogen-bond donors (Lipinski definition) is 0. The molecule has 0 unspecified atom stereocenters. The zero-order valence-corrected chi connectivity index (χ0v) is 10.5. The summed E-state index contributed by atoms with van der Waals surface area (Å²) in [7, 11) is 0. The van der Waals surface area contributed by atoms with Gasteiger partial charge in [0.05, 0.1) is 10.8 Å². The Hall–Kier alpha value is -0.990. The van der Waals surface area contributed by atoms with E-state index in [2.05, 4.69) is 0 Å². The van der Waals surface area contributed by atoms with Gasteiger partial charge in [-0.2, -0.15) is 0 Å². The molecule has 4 aliphatic rings. The molecule has 0 aromatic rings. The fourth-order valence-electron chi connectivity index (χ4n) is 3.35. The molecular formula is C15H18O3. The van der Waals surface area contributed by atoms with Gasteiger partial charge in [0.25, 0.3) is 0 Å². The third-order valence-corrected chi connectivity index (χ3v) is 5.21. The maximum absolute atomic E-state index is 12.7. The summed E-state index contributed by atoms with van der Waals surface area (Å²) in [4.78, 5) is 37.3. The molecule has 3 heteroatoms. The van der Waals surface area contributed by atoms with Crippen LogP contribution in [-0.2, 0) is 14.4 Å². The van der Waals surface area contributed by atoms with Gasteiger partial charge in [0.1, 0.15) is 11.6 Å². The van der Waals surface area contributed by atoms with E-state index in [1.54, 1.807) is 0 Å². The third kappa shape index (κ3) is 1.33. The van der Waals surface area contributed by atoms with E-state index in [0.717, 1.165) is 25.7 Å². The first-order valence-electron chi connectivity index (χ1n) is 7.24. The molecule has 0 atom stereocenters. The Morgan fingerprint density at radius 3 is 1.22 bits per heavy atom. The van der Waals surface area contributed by atoms with Crippen molar-refractivity contribution in [2.24, 2.45) is 22.7 Å². The Morgan fingerprint density at radius 1 is 0.667 bits per heavy atom. The summed E-state index contributed by atoms with van der Waals surface area (Å²) in [6.45, 7) is 0. The maximum atomic E-state index is 12.7. The SMILES string of the molecule is O=C(C1CC1)C1(C(=O)C2(C(=O)C3CC3)CC2)CC1. The highest BCUT2D eigenvalue weighted by atomic mass is 16.2. The predicted molar refractivity (Wildman–Crippen MR) is 63.8 cm³/mol. The summed E-state index contributed by atoms with van der Waals surface area (Å²) in [6, 6.07) is 0. The maximum Gasteiger partial charge on any atom is 0.159 e. The fraction of sp³-hybridized carbons (Fsp3) is 0.800. The van der Waals surface area contributed by atoms with Crippen LogP contribution in [0.3, 0.4) is 0 Å². The minimum Gasteiger partial charge on any atom is -0.298 e. The quantitative estimate of drug-likeness (QED) is 0.674. The first kappa shape index (κ1) is 10.9. The van der Waals surface area contributed by atoms with Crippen molar-refractivity contribution in [3.63, 3.8) is 0 Å². The van der Waals surface area contributed by atoms with E-state index in [1.165, 1.54) is 0 Å². The van der Waals surface area contributed by atoms with Crippen LogP contribution in [0.4, 0.5) is 0 Å². The van der Waals surface area contributed by atoms with Crippen LogP contribution in [0.2, 0.25) is 0 Å². The van der Waals surface area contributed by atoms with Crippen LogP contribution in [0, 0.1) is 22.7 Å². The number of rotatable bonds is 6. The van der Waals surface area contributed by atoms with Gasteiger partial charge in [0.2, 0.25) is 0 Å². The first-order valence-corrected chi connectivity index (χ1v) is 7.24. The van der Waals surface area contributed by atoms with Crippen LogP contribution in [-0.4, -0.2) is 17.3 Å². The van der Waals surface area contributed by atoms with Crippen molar-refractivity contribution in [2.75, 3.05) is 0 Å². The van der Waals surface area contributed by atoms with Crippen molar-refractivity contribution in [3.8, 4) is 0 Å². The normalized spacial score (nSPS) is 30.7. The van der Waals surface area contributed by atoms with Crippen LogP contribution in [0.1, 0.15) is 51.4 Å². The summed E-state index contributed by atoms with van der Waals surface area (Å²) in [6.07, 6.45) is 6.66. The largest absolute Gasteiger partial charge is 0.298 e. The van der Waals surface area contributed by atoms with Gasteiger partial charge in [-0.25, -0.2) is 0 Å². The summed E-state index contributed by atoms with van der Waals surface area (Å²) >= 11 is 0. The molecular weight excluding hydrogens is 228 g/mol. The average molecular weight is 246 g/mol. The molecule has 4 fully saturated rings. The standard InChI is InChI=1S/C15H18O3/c16-11(9-1-2-9)14(5-6-14)13(18)15(7-8-15)12(17)10-3-4-10/h9-10H,1-8H2. The lowest BCUT2D eigenvalue weighted by molar-refractivity contribution is -0.143. The molecule has 0 radical (unpaired) electrons. The molecule has 0 amide bonds. The lowest BCUT2D eigenvalue weighted by atomic mass is 9.79. The van der Waals surface area contributed by atoms with Gasteiger partial charge in [-0.3, -0.25) is 14.4 Å². The molecule has 0 spiro atoms. The van der Waals surface area contributed by atoms with Gasteiger partial charge in [0.15, 0.2) is 5.78 Å². The molecule has 0 aliphatic heterocycles. The Balaban J connectivity index is 1.59. The molecule has 0 saturated heterocycles. The van der Waals surface area contributed by atoms with Crippen molar-refractivity contribution in [1.82, 2.24) is 0 Å². The number of Topliss-reactive ketones (excluding diaryl/α,β-unsaturated/α-hetero) is 3. The van der Waals surface area contributed by atoms with Crippen LogP contribution in [0.5, 0.6) is 0 Å². The van der Waals surface area contributed by atoms with Gasteiger partial charge < -0.3 is 0 Å². The Morgan fingerprint density at radius 2 is 1.00 bits per heavy atom. The third-order valence-electron chi connectivity index (χ3n) is 5.21.